The molecule has 4 nitrogen and oxygen atoms in total. The Kier molecular flexibility index (Phi) is 4.82. The molecule has 0 bridgehead atoms. The molecule has 122 valence electrons. The van der Waals surface area contributed by atoms with Crippen molar-refractivity contribution in [1.29, 1.82) is 0 Å². The van der Waals surface area contributed by atoms with Crippen LogP contribution in [0.5, 0.6) is 0 Å². The van der Waals surface area contributed by atoms with Crippen molar-refractivity contribution in [1.82, 2.24) is 3.97 Å². The molecule has 0 saturated carbocycles. The Labute approximate surface area is 138 Å². The number of benzene rings is 1. The fourth-order valence-corrected chi connectivity index (χ4v) is 4.31. The first-order chi connectivity index (χ1) is 10.1. The summed E-state index contributed by atoms with van der Waals surface area (Å²) in [7, 11) is -3.69. The zero-order valence-electron chi connectivity index (χ0n) is 12.4. The average Bonchev–Trinajstić information content (AvgIpc) is 2.76. The summed E-state index contributed by atoms with van der Waals surface area (Å²) in [4.78, 5) is 0. The molecule has 1 atom stereocenters. The molecule has 0 radical (unpaired) electrons. The predicted molar refractivity (Wildman–Crippen MR) is 89.7 cm³/mol. The van der Waals surface area contributed by atoms with E-state index in [2.05, 4.69) is 0 Å². The van der Waals surface area contributed by atoms with Gasteiger partial charge in [0.25, 0.3) is 0 Å². The SMILES string of the molecule is CCSCC(C)(O)c1cc2cc(F)c(Cl)cc2n1S(C)(=O)=O. The summed E-state index contributed by atoms with van der Waals surface area (Å²) >= 11 is 7.25. The Morgan fingerprint density at radius 2 is 2.05 bits per heavy atom. The summed E-state index contributed by atoms with van der Waals surface area (Å²) in [6, 6.07) is 3.93. The second kappa shape index (κ2) is 6.03. The number of thioether (sulfide) groups is 1. The number of aliphatic hydroxyl groups is 1. The zero-order chi connectivity index (χ0) is 16.7. The van der Waals surface area contributed by atoms with Gasteiger partial charge < -0.3 is 5.11 Å². The van der Waals surface area contributed by atoms with E-state index in [1.165, 1.54) is 30.0 Å². The third-order valence-corrected chi connectivity index (χ3v) is 5.79. The van der Waals surface area contributed by atoms with Crippen molar-refractivity contribution < 1.29 is 17.9 Å². The molecule has 0 spiro atoms. The second-order valence-electron chi connectivity index (χ2n) is 5.29. The van der Waals surface area contributed by atoms with E-state index in [0.29, 0.717) is 11.1 Å². The molecule has 0 saturated heterocycles. The molecule has 0 aliphatic rings. The largest absolute Gasteiger partial charge is 0.383 e. The van der Waals surface area contributed by atoms with Gasteiger partial charge in [0, 0.05) is 11.1 Å². The van der Waals surface area contributed by atoms with E-state index in [1.54, 1.807) is 6.92 Å². The lowest BCUT2D eigenvalue weighted by atomic mass is 10.1. The molecule has 8 heteroatoms. The van der Waals surface area contributed by atoms with Crippen LogP contribution in [-0.2, 0) is 15.6 Å². The van der Waals surface area contributed by atoms with Gasteiger partial charge in [-0.25, -0.2) is 16.8 Å². The lowest BCUT2D eigenvalue weighted by Crippen LogP contribution is -2.30. The molecule has 1 aromatic heterocycles. The van der Waals surface area contributed by atoms with Crippen molar-refractivity contribution >= 4 is 44.3 Å². The third kappa shape index (κ3) is 3.27. The molecule has 2 rings (SSSR count). The number of fused-ring (bicyclic) bond motifs is 1. The van der Waals surface area contributed by atoms with Crippen LogP contribution in [0.25, 0.3) is 10.9 Å². The summed E-state index contributed by atoms with van der Waals surface area (Å²) < 4.78 is 39.0. The first-order valence-electron chi connectivity index (χ1n) is 6.59. The Balaban J connectivity index is 2.79. The van der Waals surface area contributed by atoms with Crippen molar-refractivity contribution in [2.75, 3.05) is 17.8 Å². The Hall–Kier alpha value is -0.760. The van der Waals surface area contributed by atoms with Crippen LogP contribution < -0.4 is 0 Å². The van der Waals surface area contributed by atoms with Crippen molar-refractivity contribution in [2.24, 2.45) is 0 Å². The molecule has 2 aromatic rings. The van der Waals surface area contributed by atoms with Gasteiger partial charge >= 0.3 is 0 Å². The molecule has 1 heterocycles. The van der Waals surface area contributed by atoms with Gasteiger partial charge in [0.1, 0.15) is 11.4 Å². The van der Waals surface area contributed by atoms with Gasteiger partial charge in [0.2, 0.25) is 10.0 Å². The van der Waals surface area contributed by atoms with Crippen LogP contribution >= 0.6 is 23.4 Å². The minimum atomic E-state index is -3.69. The van der Waals surface area contributed by atoms with Crippen LogP contribution in [0.15, 0.2) is 18.2 Å². The quantitative estimate of drug-likeness (QED) is 0.883. The fraction of sp³-hybridized carbons (Fsp3) is 0.429. The summed E-state index contributed by atoms with van der Waals surface area (Å²) in [5, 5.41) is 10.9. The summed E-state index contributed by atoms with van der Waals surface area (Å²) in [6.07, 6.45) is 1.04. The molecule has 0 amide bonds. The van der Waals surface area contributed by atoms with E-state index >= 15 is 0 Å². The highest BCUT2D eigenvalue weighted by molar-refractivity contribution is 7.99. The highest BCUT2D eigenvalue weighted by atomic mass is 35.5. The number of nitrogens with zero attached hydrogens (tertiary/aromatic N) is 1. The van der Waals surface area contributed by atoms with E-state index in [9.17, 15) is 17.9 Å². The maximum atomic E-state index is 13.6. The lowest BCUT2D eigenvalue weighted by molar-refractivity contribution is 0.0787. The summed E-state index contributed by atoms with van der Waals surface area (Å²) in [6.45, 7) is 3.49. The first kappa shape index (κ1) is 17.6. The van der Waals surface area contributed by atoms with Crippen molar-refractivity contribution in [3.05, 3.63) is 34.7 Å². The number of aromatic nitrogens is 1. The van der Waals surface area contributed by atoms with Gasteiger partial charge in [-0.15, -0.1) is 0 Å². The molecule has 0 aliphatic heterocycles. The van der Waals surface area contributed by atoms with E-state index in [1.807, 2.05) is 6.92 Å². The second-order valence-corrected chi connectivity index (χ2v) is 8.81. The van der Waals surface area contributed by atoms with Gasteiger partial charge in [0.15, 0.2) is 0 Å². The average molecular weight is 366 g/mol. The van der Waals surface area contributed by atoms with Gasteiger partial charge in [0.05, 0.1) is 22.5 Å². The molecule has 0 fully saturated rings. The monoisotopic (exact) mass is 365 g/mol. The lowest BCUT2D eigenvalue weighted by Gasteiger charge is -2.24. The number of halogens is 2. The van der Waals surface area contributed by atoms with Crippen LogP contribution in [-0.4, -0.2) is 35.3 Å². The molecule has 22 heavy (non-hydrogen) atoms. The van der Waals surface area contributed by atoms with E-state index < -0.39 is 21.4 Å². The fourth-order valence-electron chi connectivity index (χ4n) is 2.29. The van der Waals surface area contributed by atoms with Crippen LogP contribution in [0.4, 0.5) is 4.39 Å². The van der Waals surface area contributed by atoms with Crippen molar-refractivity contribution in [3.63, 3.8) is 0 Å². The highest BCUT2D eigenvalue weighted by Crippen LogP contribution is 2.34. The molecule has 0 aliphatic carbocycles. The molecular formula is C14H17ClFNO3S2. The molecule has 1 unspecified atom stereocenters. The van der Waals surface area contributed by atoms with Crippen LogP contribution in [0.1, 0.15) is 19.5 Å². The maximum absolute atomic E-state index is 13.6. The first-order valence-corrected chi connectivity index (χ1v) is 9.97. The molecule has 1 aromatic carbocycles. The van der Waals surface area contributed by atoms with Crippen molar-refractivity contribution in [2.45, 2.75) is 19.4 Å². The van der Waals surface area contributed by atoms with Gasteiger partial charge in [-0.2, -0.15) is 11.8 Å². The van der Waals surface area contributed by atoms with E-state index in [-0.39, 0.29) is 16.2 Å². The minimum Gasteiger partial charge on any atom is -0.383 e. The van der Waals surface area contributed by atoms with Crippen molar-refractivity contribution in [3.8, 4) is 0 Å². The summed E-state index contributed by atoms with van der Waals surface area (Å²) in [5.41, 5.74) is -0.913. The molecule has 1 N–H and O–H groups in total. The predicted octanol–water partition coefficient (Wildman–Crippen LogP) is 3.20. The molecular weight excluding hydrogens is 349 g/mol. The zero-order valence-corrected chi connectivity index (χ0v) is 14.8. The Morgan fingerprint density at radius 1 is 1.41 bits per heavy atom. The smallest absolute Gasteiger partial charge is 0.236 e. The maximum Gasteiger partial charge on any atom is 0.236 e. The van der Waals surface area contributed by atoms with Gasteiger partial charge in [-0.05, 0) is 30.9 Å². The van der Waals surface area contributed by atoms with Gasteiger partial charge in [-0.1, -0.05) is 18.5 Å². The number of hydrogen-bond donors (Lipinski definition) is 1. The number of hydrogen-bond acceptors (Lipinski definition) is 4. The van der Waals surface area contributed by atoms with Gasteiger partial charge in [-0.3, -0.25) is 0 Å². The third-order valence-electron chi connectivity index (χ3n) is 3.27. The number of rotatable bonds is 5. The highest BCUT2D eigenvalue weighted by Gasteiger charge is 2.31. The van der Waals surface area contributed by atoms with Crippen LogP contribution in [0, 0.1) is 5.82 Å². The van der Waals surface area contributed by atoms with E-state index in [0.717, 1.165) is 16.0 Å². The minimum absolute atomic E-state index is 0.162. The Morgan fingerprint density at radius 3 is 2.59 bits per heavy atom. The van der Waals surface area contributed by atoms with Crippen LogP contribution in [0.3, 0.4) is 0 Å². The topological polar surface area (TPSA) is 59.3 Å². The van der Waals surface area contributed by atoms with Crippen LogP contribution in [0.2, 0.25) is 5.02 Å². The summed E-state index contributed by atoms with van der Waals surface area (Å²) in [5.74, 6) is 0.482. The Bertz CT molecular complexity index is 815. The standard InChI is InChI=1S/C14H17ClFNO3S2/c1-4-21-8-14(2,18)13-6-9-5-11(16)10(15)7-12(9)17(13)22(3,19)20/h5-7,18H,4,8H2,1-3H3. The van der Waals surface area contributed by atoms with E-state index in [4.69, 9.17) is 11.6 Å². The normalized spacial score (nSPS) is 15.2.